The Kier molecular flexibility index (Phi) is 11.8. The highest BCUT2D eigenvalue weighted by molar-refractivity contribution is 8.11. The molecule has 1 aliphatic carbocycles. The number of anilines is 1. The van der Waals surface area contributed by atoms with E-state index < -0.39 is 17.6 Å². The van der Waals surface area contributed by atoms with Crippen molar-refractivity contribution in [1.29, 1.82) is 0 Å². The second kappa shape index (κ2) is 16.0. The van der Waals surface area contributed by atoms with Crippen LogP contribution in [0.3, 0.4) is 0 Å². The van der Waals surface area contributed by atoms with Gasteiger partial charge in [0.25, 0.3) is 5.91 Å². The summed E-state index contributed by atoms with van der Waals surface area (Å²) in [6, 6.07) is 18.6. The fourth-order valence-corrected chi connectivity index (χ4v) is 7.99. The number of thioether (sulfide) groups is 1. The minimum Gasteiger partial charge on any atom is -0.320 e. The van der Waals surface area contributed by atoms with E-state index in [-0.39, 0.29) is 17.4 Å². The molecule has 4 aromatic rings. The standard InChI is InChI=1S/C40H39ClFN3O2S2/c1-7-23(3)39(44-38(47)36-25(5)13-11-15-32(36)41)48-34(8-2)30-18-16-27(20-26(30)6)28-17-19-31(33(42)21-28)37(46)45-40-43-22-35(49-40)29-14-10-9-12-24(29)4/h8-22,25,36H,7H2,1-6H3,(H,44,47)(H,43,45,46). The molecule has 1 heterocycles. The number of rotatable bonds is 10. The Morgan fingerprint density at radius 2 is 1.76 bits per heavy atom. The van der Waals surface area contributed by atoms with E-state index in [2.05, 4.69) is 22.5 Å². The van der Waals surface area contributed by atoms with Gasteiger partial charge in [-0.05, 0) is 97.2 Å². The molecule has 3 aromatic carbocycles. The highest BCUT2D eigenvalue weighted by Crippen LogP contribution is 2.39. The number of aryl methyl sites for hydroxylation is 2. The summed E-state index contributed by atoms with van der Waals surface area (Å²) in [5, 5.41) is 7.63. The van der Waals surface area contributed by atoms with Crippen LogP contribution in [0, 0.1) is 31.5 Å². The molecule has 252 valence electrons. The van der Waals surface area contributed by atoms with E-state index >= 15 is 4.39 Å². The maximum atomic E-state index is 15.4. The summed E-state index contributed by atoms with van der Waals surface area (Å²) < 4.78 is 15.4. The third kappa shape index (κ3) is 8.32. The normalized spacial score (nSPS) is 16.6. The molecule has 5 rings (SSSR count). The summed E-state index contributed by atoms with van der Waals surface area (Å²) in [5.74, 6) is -1.75. The molecule has 0 radical (unpaired) electrons. The Bertz CT molecular complexity index is 2030. The number of hydrogen-bond donors (Lipinski definition) is 2. The number of halogens is 2. The van der Waals surface area contributed by atoms with Gasteiger partial charge in [-0.25, -0.2) is 9.37 Å². The maximum Gasteiger partial charge on any atom is 0.260 e. The van der Waals surface area contributed by atoms with Crippen molar-refractivity contribution < 1.29 is 14.0 Å². The zero-order chi connectivity index (χ0) is 35.2. The number of nitrogens with zero attached hydrogens (tertiary/aromatic N) is 1. The molecule has 0 aliphatic heterocycles. The number of aromatic nitrogens is 1. The van der Waals surface area contributed by atoms with Gasteiger partial charge in [-0.15, -0.1) is 0 Å². The second-order valence-corrected chi connectivity index (χ2v) is 14.5. The van der Waals surface area contributed by atoms with Crippen LogP contribution < -0.4 is 10.6 Å². The van der Waals surface area contributed by atoms with Crippen LogP contribution in [0.1, 0.15) is 61.2 Å². The average Bonchev–Trinajstić information content (AvgIpc) is 3.54. The molecule has 9 heteroatoms. The summed E-state index contributed by atoms with van der Waals surface area (Å²) in [4.78, 5) is 32.6. The lowest BCUT2D eigenvalue weighted by atomic mass is 9.89. The minimum atomic E-state index is -0.615. The Morgan fingerprint density at radius 1 is 1.04 bits per heavy atom. The molecular weight excluding hydrogens is 673 g/mol. The van der Waals surface area contributed by atoms with Gasteiger partial charge >= 0.3 is 0 Å². The number of amides is 2. The van der Waals surface area contributed by atoms with E-state index in [0.717, 1.165) is 54.6 Å². The molecule has 49 heavy (non-hydrogen) atoms. The lowest BCUT2D eigenvalue weighted by molar-refractivity contribution is -0.123. The van der Waals surface area contributed by atoms with Gasteiger partial charge in [0.2, 0.25) is 5.91 Å². The number of hydrogen-bond acceptors (Lipinski definition) is 5. The number of benzene rings is 3. The Hall–Kier alpha value is -4.24. The first-order valence-corrected chi connectivity index (χ1v) is 18.1. The zero-order valence-electron chi connectivity index (χ0n) is 28.4. The number of carbonyl (C=O) groups is 2. The van der Waals surface area contributed by atoms with Crippen LogP contribution in [-0.4, -0.2) is 16.8 Å². The SMILES string of the molecule is CC=C(SC(NC(=O)C1C(Cl)=CC=CC1C)=C(C)CC)c1ccc(-c2ccc(C(=O)Nc3ncc(-c4ccccc4C)s3)c(F)c2)cc1C. The van der Waals surface area contributed by atoms with Gasteiger partial charge in [0.1, 0.15) is 5.82 Å². The van der Waals surface area contributed by atoms with Gasteiger partial charge in [0.05, 0.1) is 21.4 Å². The minimum absolute atomic E-state index is 0.00883. The van der Waals surface area contributed by atoms with Crippen molar-refractivity contribution in [1.82, 2.24) is 10.3 Å². The van der Waals surface area contributed by atoms with Crippen molar-refractivity contribution in [3.05, 3.63) is 135 Å². The molecule has 0 spiro atoms. The molecule has 0 fully saturated rings. The quantitative estimate of drug-likeness (QED) is 0.172. The molecular formula is C40H39ClFN3O2S2. The third-order valence-electron chi connectivity index (χ3n) is 8.58. The predicted molar refractivity (Wildman–Crippen MR) is 205 cm³/mol. The summed E-state index contributed by atoms with van der Waals surface area (Å²) in [6.07, 6.45) is 10.2. The summed E-state index contributed by atoms with van der Waals surface area (Å²) in [6.45, 7) is 12.1. The summed E-state index contributed by atoms with van der Waals surface area (Å²) in [5.41, 5.74) is 6.64. The van der Waals surface area contributed by atoms with E-state index in [9.17, 15) is 9.59 Å². The third-order valence-corrected chi connectivity index (χ3v) is 11.2. The highest BCUT2D eigenvalue weighted by Gasteiger charge is 2.29. The Labute approximate surface area is 301 Å². The van der Waals surface area contributed by atoms with E-state index in [1.54, 1.807) is 18.3 Å². The van der Waals surface area contributed by atoms with Crippen molar-refractivity contribution in [3.8, 4) is 21.6 Å². The van der Waals surface area contributed by atoms with E-state index in [0.29, 0.717) is 15.7 Å². The number of nitrogens with one attached hydrogen (secondary N) is 2. The Balaban J connectivity index is 1.30. The predicted octanol–water partition coefficient (Wildman–Crippen LogP) is 11.3. The van der Waals surface area contributed by atoms with Gasteiger partial charge in [0, 0.05) is 16.1 Å². The maximum absolute atomic E-state index is 15.4. The van der Waals surface area contributed by atoms with Gasteiger partial charge in [0.15, 0.2) is 5.13 Å². The van der Waals surface area contributed by atoms with E-state index in [4.69, 9.17) is 11.6 Å². The van der Waals surface area contributed by atoms with Gasteiger partial charge < -0.3 is 5.32 Å². The lowest BCUT2D eigenvalue weighted by Gasteiger charge is -2.24. The fraction of sp³-hybridized carbons (Fsp3) is 0.225. The van der Waals surface area contributed by atoms with Crippen molar-refractivity contribution in [2.75, 3.05) is 5.32 Å². The van der Waals surface area contributed by atoms with Crippen LogP contribution in [0.4, 0.5) is 9.52 Å². The van der Waals surface area contributed by atoms with E-state index in [1.165, 1.54) is 35.2 Å². The molecule has 2 amide bonds. The second-order valence-electron chi connectivity index (χ2n) is 12.0. The molecule has 5 nitrogen and oxygen atoms in total. The van der Waals surface area contributed by atoms with Crippen LogP contribution in [0.2, 0.25) is 0 Å². The number of thiazole rings is 1. The monoisotopic (exact) mass is 711 g/mol. The summed E-state index contributed by atoms with van der Waals surface area (Å²) >= 11 is 9.31. The first kappa shape index (κ1) is 36.1. The van der Waals surface area contributed by atoms with Crippen molar-refractivity contribution in [2.45, 2.75) is 48.0 Å². The molecule has 0 saturated carbocycles. The van der Waals surface area contributed by atoms with Gasteiger partial charge in [-0.2, -0.15) is 0 Å². The lowest BCUT2D eigenvalue weighted by Crippen LogP contribution is -2.34. The smallest absolute Gasteiger partial charge is 0.260 e. The average molecular weight is 712 g/mol. The zero-order valence-corrected chi connectivity index (χ0v) is 30.7. The Morgan fingerprint density at radius 3 is 2.41 bits per heavy atom. The van der Waals surface area contributed by atoms with Crippen LogP contribution >= 0.6 is 34.7 Å². The van der Waals surface area contributed by atoms with Crippen molar-refractivity contribution in [3.63, 3.8) is 0 Å². The van der Waals surface area contributed by atoms with Gasteiger partial charge in [-0.3, -0.25) is 14.9 Å². The van der Waals surface area contributed by atoms with Crippen molar-refractivity contribution in [2.24, 2.45) is 11.8 Å². The topological polar surface area (TPSA) is 71.1 Å². The number of allylic oxidation sites excluding steroid dienone is 5. The first-order valence-electron chi connectivity index (χ1n) is 16.1. The first-order chi connectivity index (χ1) is 23.5. The molecule has 1 aromatic heterocycles. The highest BCUT2D eigenvalue weighted by atomic mass is 35.5. The van der Waals surface area contributed by atoms with Gasteiger partial charge in [-0.1, -0.05) is 115 Å². The van der Waals surface area contributed by atoms with Crippen LogP contribution in [0.15, 0.2) is 107 Å². The van der Waals surface area contributed by atoms with Crippen LogP contribution in [0.25, 0.3) is 26.5 Å². The van der Waals surface area contributed by atoms with Crippen molar-refractivity contribution >= 4 is 56.6 Å². The van der Waals surface area contributed by atoms with Crippen LogP contribution in [-0.2, 0) is 4.79 Å². The molecule has 0 bridgehead atoms. The molecule has 2 unspecified atom stereocenters. The largest absolute Gasteiger partial charge is 0.320 e. The molecule has 2 N–H and O–H groups in total. The molecule has 1 aliphatic rings. The molecule has 2 atom stereocenters. The fourth-order valence-electron chi connectivity index (χ4n) is 5.57. The van der Waals surface area contributed by atoms with Crippen LogP contribution in [0.5, 0.6) is 0 Å². The molecule has 0 saturated heterocycles. The van der Waals surface area contributed by atoms with E-state index in [1.807, 2.05) is 95.3 Å². The summed E-state index contributed by atoms with van der Waals surface area (Å²) in [7, 11) is 0. The number of carbonyl (C=O) groups excluding carboxylic acids is 2.